The zero-order chi connectivity index (χ0) is 26.0. The maximum absolute atomic E-state index is 13.8. The van der Waals surface area contributed by atoms with Crippen molar-refractivity contribution in [2.24, 2.45) is 0 Å². The third kappa shape index (κ3) is 5.66. The van der Waals surface area contributed by atoms with E-state index >= 15 is 0 Å². The second-order valence-corrected chi connectivity index (χ2v) is 8.84. The fraction of sp³-hybridized carbons (Fsp3) is 1.00. The first kappa shape index (κ1) is 31.7. The van der Waals surface area contributed by atoms with Crippen molar-refractivity contribution in [2.45, 2.75) is 97.5 Å². The zero-order valence-corrected chi connectivity index (χ0v) is 18.2. The number of rotatable bonds is 13. The van der Waals surface area contributed by atoms with Crippen LogP contribution >= 0.6 is 22.6 Å². The van der Waals surface area contributed by atoms with Gasteiger partial charge in [-0.25, -0.2) is 0 Å². The van der Waals surface area contributed by atoms with E-state index in [0.29, 0.717) is 12.8 Å². The van der Waals surface area contributed by atoms with Crippen molar-refractivity contribution in [3.05, 3.63) is 0 Å². The first-order valence-corrected chi connectivity index (χ1v) is 10.2. The molecule has 0 aromatic heterocycles. The SMILES string of the molecule is CCCCCCCC(I)CC(F)(F)C(F)(F)C(F)(F)C(F)(F)C(F)(F)C(F)(F)C(F)(F)F. The summed E-state index contributed by atoms with van der Waals surface area (Å²) in [7, 11) is 0. The highest BCUT2D eigenvalue weighted by Gasteiger charge is 2.93. The molecule has 0 aliphatic rings. The molecule has 0 saturated heterocycles. The molecule has 0 aromatic carbocycles. The molecule has 0 saturated carbocycles. The van der Waals surface area contributed by atoms with E-state index < -0.39 is 52.1 Å². The third-order valence-electron chi connectivity index (χ3n) is 4.49. The van der Waals surface area contributed by atoms with Crippen LogP contribution in [0.15, 0.2) is 0 Å². The van der Waals surface area contributed by atoms with E-state index in [1.165, 1.54) is 0 Å². The highest BCUT2D eigenvalue weighted by molar-refractivity contribution is 14.1. The minimum absolute atomic E-state index is 0.137. The molecule has 0 bridgehead atoms. The maximum Gasteiger partial charge on any atom is 0.460 e. The van der Waals surface area contributed by atoms with E-state index in [0.717, 1.165) is 35.4 Å². The van der Waals surface area contributed by atoms with Gasteiger partial charge >= 0.3 is 41.7 Å². The van der Waals surface area contributed by atoms with Crippen LogP contribution in [0.2, 0.25) is 0 Å². The highest BCUT2D eigenvalue weighted by Crippen LogP contribution is 2.62. The Kier molecular flexibility index (Phi) is 10.0. The van der Waals surface area contributed by atoms with Crippen LogP contribution in [-0.4, -0.2) is 45.6 Å². The zero-order valence-electron chi connectivity index (χ0n) is 16.1. The summed E-state index contributed by atoms with van der Waals surface area (Å²) in [6.07, 6.45) is -7.45. The van der Waals surface area contributed by atoms with Gasteiger partial charge in [0.2, 0.25) is 0 Å². The van der Waals surface area contributed by atoms with E-state index in [2.05, 4.69) is 0 Å². The molecule has 194 valence electrons. The maximum atomic E-state index is 13.8. The molecule has 0 nitrogen and oxygen atoms in total. The molecule has 1 atom stereocenters. The topological polar surface area (TPSA) is 0 Å². The van der Waals surface area contributed by atoms with E-state index in [9.17, 15) is 65.9 Å². The lowest BCUT2D eigenvalue weighted by atomic mass is 9.89. The van der Waals surface area contributed by atoms with Crippen molar-refractivity contribution in [1.82, 2.24) is 0 Å². The summed E-state index contributed by atoms with van der Waals surface area (Å²) in [6.45, 7) is 1.83. The average molecular weight is 622 g/mol. The van der Waals surface area contributed by atoms with E-state index in [1.807, 2.05) is 6.92 Å². The molecular formula is C16H18F15I. The fourth-order valence-corrected chi connectivity index (χ4v) is 3.47. The number of unbranched alkanes of at least 4 members (excludes halogenated alkanes) is 4. The van der Waals surface area contributed by atoms with Crippen LogP contribution in [0.4, 0.5) is 65.9 Å². The smallest absolute Gasteiger partial charge is 0.200 e. The Morgan fingerprint density at radius 3 is 1.31 bits per heavy atom. The molecule has 0 fully saturated rings. The third-order valence-corrected chi connectivity index (χ3v) is 5.55. The van der Waals surface area contributed by atoms with Gasteiger partial charge in [-0.1, -0.05) is 61.6 Å². The molecule has 1 unspecified atom stereocenters. The van der Waals surface area contributed by atoms with Crippen molar-refractivity contribution in [3.63, 3.8) is 0 Å². The lowest BCUT2D eigenvalue weighted by Crippen LogP contribution is -2.72. The molecule has 0 radical (unpaired) electrons. The normalized spacial score (nSPS) is 16.4. The van der Waals surface area contributed by atoms with Crippen molar-refractivity contribution in [2.75, 3.05) is 0 Å². The Bertz CT molecular complexity index is 597. The van der Waals surface area contributed by atoms with Gasteiger partial charge in [-0.15, -0.1) is 0 Å². The van der Waals surface area contributed by atoms with Gasteiger partial charge in [0.1, 0.15) is 0 Å². The summed E-state index contributed by atoms with van der Waals surface area (Å²) >= 11 is 1.09. The van der Waals surface area contributed by atoms with Gasteiger partial charge in [-0.3, -0.25) is 0 Å². The van der Waals surface area contributed by atoms with E-state index in [1.54, 1.807) is 0 Å². The Hall–Kier alpha value is -0.320. The van der Waals surface area contributed by atoms with Crippen LogP contribution in [0, 0.1) is 0 Å². The summed E-state index contributed by atoms with van der Waals surface area (Å²) in [5.41, 5.74) is 0. The Morgan fingerprint density at radius 1 is 0.531 bits per heavy atom. The molecule has 0 amide bonds. The average Bonchev–Trinajstić information content (AvgIpc) is 2.59. The summed E-state index contributed by atoms with van der Waals surface area (Å²) in [5.74, 6) is -45.9. The van der Waals surface area contributed by atoms with Gasteiger partial charge in [0, 0.05) is 10.3 Å². The standard InChI is InChI=1S/C16H18F15I/c1-2-3-4-5-6-7-9(32)8-10(17,18)11(19,20)12(21,22)13(23,24)14(25,26)15(27,28)16(29,30)31/h9H,2-8H2,1H3. The van der Waals surface area contributed by atoms with Crippen LogP contribution in [0.1, 0.15) is 51.9 Å². The molecule has 16 heteroatoms. The van der Waals surface area contributed by atoms with Crippen molar-refractivity contribution >= 4 is 22.6 Å². The molecule has 0 heterocycles. The van der Waals surface area contributed by atoms with Crippen LogP contribution in [-0.2, 0) is 0 Å². The van der Waals surface area contributed by atoms with Crippen LogP contribution in [0.5, 0.6) is 0 Å². The number of hydrogen-bond acceptors (Lipinski definition) is 0. The molecule has 0 spiro atoms. The van der Waals surface area contributed by atoms with Crippen LogP contribution < -0.4 is 0 Å². The molecule has 32 heavy (non-hydrogen) atoms. The first-order valence-electron chi connectivity index (χ1n) is 8.93. The van der Waals surface area contributed by atoms with Crippen molar-refractivity contribution in [3.8, 4) is 0 Å². The van der Waals surface area contributed by atoms with Crippen LogP contribution in [0.25, 0.3) is 0 Å². The minimum Gasteiger partial charge on any atom is -0.200 e. The Morgan fingerprint density at radius 2 is 0.906 bits per heavy atom. The van der Waals surface area contributed by atoms with Crippen molar-refractivity contribution < 1.29 is 65.9 Å². The lowest BCUT2D eigenvalue weighted by Gasteiger charge is -2.41. The van der Waals surface area contributed by atoms with Gasteiger partial charge in [-0.2, -0.15) is 65.9 Å². The summed E-state index contributed by atoms with van der Waals surface area (Å²) in [5, 5.41) is 0. The second kappa shape index (κ2) is 10.1. The summed E-state index contributed by atoms with van der Waals surface area (Å²) in [6, 6.07) is 0. The monoisotopic (exact) mass is 622 g/mol. The van der Waals surface area contributed by atoms with E-state index in [-0.39, 0.29) is 12.8 Å². The first-order chi connectivity index (χ1) is 14.0. The minimum atomic E-state index is -8.22. The molecule has 0 rings (SSSR count). The molecule has 0 aromatic rings. The summed E-state index contributed by atoms with van der Waals surface area (Å²) in [4.78, 5) is 0. The highest BCUT2D eigenvalue weighted by atomic mass is 127. The second-order valence-electron chi connectivity index (χ2n) is 7.08. The molecule has 0 N–H and O–H groups in total. The van der Waals surface area contributed by atoms with Crippen LogP contribution in [0.3, 0.4) is 0 Å². The largest absolute Gasteiger partial charge is 0.460 e. The predicted octanol–water partition coefficient (Wildman–Crippen LogP) is 8.91. The molecule has 0 aliphatic heterocycles. The van der Waals surface area contributed by atoms with Crippen molar-refractivity contribution in [1.29, 1.82) is 0 Å². The Labute approximate surface area is 186 Å². The number of halogens is 16. The molecule has 0 aliphatic carbocycles. The lowest BCUT2D eigenvalue weighted by molar-refractivity contribution is -0.452. The summed E-state index contributed by atoms with van der Waals surface area (Å²) < 4.78 is 195. The molecular weight excluding hydrogens is 604 g/mol. The van der Waals surface area contributed by atoms with Gasteiger partial charge in [0.05, 0.1) is 0 Å². The number of alkyl halides is 16. The number of hydrogen-bond donors (Lipinski definition) is 0. The van der Waals surface area contributed by atoms with E-state index in [4.69, 9.17) is 0 Å². The van der Waals surface area contributed by atoms with Gasteiger partial charge in [-0.05, 0) is 6.42 Å². The van der Waals surface area contributed by atoms with Gasteiger partial charge < -0.3 is 0 Å². The fourth-order valence-electron chi connectivity index (χ4n) is 2.48. The quantitative estimate of drug-likeness (QED) is 0.0834. The van der Waals surface area contributed by atoms with Gasteiger partial charge in [0.15, 0.2) is 0 Å². The predicted molar refractivity (Wildman–Crippen MR) is 91.5 cm³/mol. The van der Waals surface area contributed by atoms with Gasteiger partial charge in [0.25, 0.3) is 0 Å². The Balaban J connectivity index is 5.85.